The van der Waals surface area contributed by atoms with Crippen LogP contribution in [0.5, 0.6) is 0 Å². The largest absolute Gasteiger partial charge is 0.339 e. The highest BCUT2D eigenvalue weighted by molar-refractivity contribution is 7.09. The van der Waals surface area contributed by atoms with Gasteiger partial charge in [0.1, 0.15) is 5.69 Å². The molecule has 0 radical (unpaired) electrons. The van der Waals surface area contributed by atoms with E-state index in [9.17, 15) is 4.79 Å². The SMILES string of the molecule is Cc1nc2cc(-c3noc(Cc4cccs4)n3)ccc2n(C2CCCC2)c1=O. The van der Waals surface area contributed by atoms with Crippen LogP contribution in [-0.4, -0.2) is 19.7 Å². The lowest BCUT2D eigenvalue weighted by Gasteiger charge is -2.17. The van der Waals surface area contributed by atoms with Crippen molar-refractivity contribution in [1.29, 1.82) is 0 Å². The van der Waals surface area contributed by atoms with Gasteiger partial charge in [0.05, 0.1) is 17.5 Å². The molecule has 0 atom stereocenters. The molecule has 0 unspecified atom stereocenters. The average molecular weight is 392 g/mol. The quantitative estimate of drug-likeness (QED) is 0.510. The van der Waals surface area contributed by atoms with Crippen LogP contribution in [0.4, 0.5) is 0 Å². The number of hydrogen-bond acceptors (Lipinski definition) is 6. The zero-order valence-corrected chi connectivity index (χ0v) is 16.4. The summed E-state index contributed by atoms with van der Waals surface area (Å²) < 4.78 is 7.36. The van der Waals surface area contributed by atoms with Crippen molar-refractivity contribution in [1.82, 2.24) is 19.7 Å². The summed E-state index contributed by atoms with van der Waals surface area (Å²) in [5.74, 6) is 1.14. The third-order valence-corrected chi connectivity index (χ3v) is 6.25. The lowest BCUT2D eigenvalue weighted by molar-refractivity contribution is 0.386. The molecule has 6 nitrogen and oxygen atoms in total. The Kier molecular flexibility index (Phi) is 4.31. The van der Waals surface area contributed by atoms with Crippen LogP contribution in [-0.2, 0) is 6.42 Å². The first kappa shape index (κ1) is 17.3. The van der Waals surface area contributed by atoms with Crippen molar-refractivity contribution in [2.45, 2.75) is 45.1 Å². The van der Waals surface area contributed by atoms with E-state index in [0.717, 1.165) is 29.4 Å². The van der Waals surface area contributed by atoms with Crippen molar-refractivity contribution in [3.63, 3.8) is 0 Å². The molecule has 1 fully saturated rings. The van der Waals surface area contributed by atoms with Gasteiger partial charge in [-0.2, -0.15) is 4.98 Å². The topological polar surface area (TPSA) is 73.8 Å². The standard InChI is InChI=1S/C21H20N4O2S/c1-13-21(26)25(15-5-2-3-6-15)18-9-8-14(11-17(18)22-13)20-23-19(27-24-20)12-16-7-4-10-28-16/h4,7-11,15H,2-3,5-6,12H2,1H3. The fourth-order valence-electron chi connectivity index (χ4n) is 4.00. The highest BCUT2D eigenvalue weighted by Crippen LogP contribution is 2.31. The van der Waals surface area contributed by atoms with Crippen molar-refractivity contribution in [2.75, 3.05) is 0 Å². The Morgan fingerprint density at radius 1 is 1.21 bits per heavy atom. The molecule has 28 heavy (non-hydrogen) atoms. The van der Waals surface area contributed by atoms with Crippen molar-refractivity contribution in [3.8, 4) is 11.4 Å². The highest BCUT2D eigenvalue weighted by atomic mass is 32.1. The maximum atomic E-state index is 12.7. The summed E-state index contributed by atoms with van der Waals surface area (Å²) in [7, 11) is 0. The van der Waals surface area contributed by atoms with Crippen LogP contribution in [0, 0.1) is 6.92 Å². The molecule has 7 heteroatoms. The molecular weight excluding hydrogens is 372 g/mol. The first-order valence-electron chi connectivity index (χ1n) is 9.57. The van der Waals surface area contributed by atoms with Crippen LogP contribution in [0.3, 0.4) is 0 Å². The molecule has 1 aliphatic carbocycles. The van der Waals surface area contributed by atoms with E-state index in [4.69, 9.17) is 4.52 Å². The minimum Gasteiger partial charge on any atom is -0.339 e. The maximum absolute atomic E-state index is 12.7. The van der Waals surface area contributed by atoms with Crippen molar-refractivity contribution < 1.29 is 4.52 Å². The molecule has 0 bridgehead atoms. The molecule has 1 aromatic carbocycles. The van der Waals surface area contributed by atoms with E-state index < -0.39 is 0 Å². The summed E-state index contributed by atoms with van der Waals surface area (Å²) in [4.78, 5) is 23.0. The molecule has 4 aromatic rings. The Morgan fingerprint density at radius 2 is 2.07 bits per heavy atom. The van der Waals surface area contributed by atoms with Crippen molar-refractivity contribution in [3.05, 3.63) is 62.5 Å². The summed E-state index contributed by atoms with van der Waals surface area (Å²) in [6.45, 7) is 1.79. The lowest BCUT2D eigenvalue weighted by Crippen LogP contribution is -2.26. The second-order valence-electron chi connectivity index (χ2n) is 7.28. The molecule has 0 aliphatic heterocycles. The molecule has 1 saturated carbocycles. The number of rotatable bonds is 4. The molecule has 1 aliphatic rings. The zero-order valence-electron chi connectivity index (χ0n) is 15.6. The number of thiophene rings is 1. The van der Waals surface area contributed by atoms with Gasteiger partial charge >= 0.3 is 0 Å². The monoisotopic (exact) mass is 392 g/mol. The summed E-state index contributed by atoms with van der Waals surface area (Å²) in [5, 5.41) is 6.17. The van der Waals surface area contributed by atoms with E-state index in [-0.39, 0.29) is 11.6 Å². The van der Waals surface area contributed by atoms with E-state index >= 15 is 0 Å². The van der Waals surface area contributed by atoms with Gasteiger partial charge in [-0.25, -0.2) is 4.98 Å². The molecule has 142 valence electrons. The van der Waals surface area contributed by atoms with Gasteiger partial charge in [-0.1, -0.05) is 24.1 Å². The second kappa shape index (κ2) is 6.98. The van der Waals surface area contributed by atoms with Gasteiger partial charge in [0, 0.05) is 16.5 Å². The van der Waals surface area contributed by atoms with Crippen LogP contribution < -0.4 is 5.56 Å². The number of nitrogens with zero attached hydrogens (tertiary/aromatic N) is 4. The first-order chi connectivity index (χ1) is 13.7. The molecule has 3 aromatic heterocycles. The summed E-state index contributed by atoms with van der Waals surface area (Å²) in [6, 6.07) is 10.2. The van der Waals surface area contributed by atoms with E-state index in [1.165, 1.54) is 17.7 Å². The van der Waals surface area contributed by atoms with E-state index in [2.05, 4.69) is 21.2 Å². The van der Waals surface area contributed by atoms with Crippen molar-refractivity contribution in [2.24, 2.45) is 0 Å². The fraction of sp³-hybridized carbons (Fsp3) is 0.333. The number of aryl methyl sites for hydroxylation is 1. The van der Waals surface area contributed by atoms with Crippen molar-refractivity contribution >= 4 is 22.4 Å². The molecule has 0 saturated heterocycles. The number of aromatic nitrogens is 4. The number of hydrogen-bond donors (Lipinski definition) is 0. The maximum Gasteiger partial charge on any atom is 0.272 e. The smallest absolute Gasteiger partial charge is 0.272 e. The molecular formula is C21H20N4O2S. The van der Waals surface area contributed by atoms with E-state index in [1.54, 1.807) is 18.3 Å². The molecule has 0 N–H and O–H groups in total. The summed E-state index contributed by atoms with van der Waals surface area (Å²) in [5.41, 5.74) is 3.07. The minimum atomic E-state index is 0.0185. The third kappa shape index (κ3) is 3.05. The van der Waals surface area contributed by atoms with Gasteiger partial charge in [0.2, 0.25) is 11.7 Å². The first-order valence-corrected chi connectivity index (χ1v) is 10.5. The van der Waals surface area contributed by atoms with E-state index in [1.807, 2.05) is 34.2 Å². The Balaban J connectivity index is 1.54. The Bertz CT molecular complexity index is 1190. The fourth-order valence-corrected chi connectivity index (χ4v) is 4.69. The number of benzene rings is 1. The normalized spacial score (nSPS) is 14.9. The van der Waals surface area contributed by atoms with Gasteiger partial charge in [-0.15, -0.1) is 11.3 Å². The minimum absolute atomic E-state index is 0.0185. The predicted molar refractivity (Wildman–Crippen MR) is 109 cm³/mol. The van der Waals surface area contributed by atoms with Crippen LogP contribution in [0.25, 0.3) is 22.4 Å². The third-order valence-electron chi connectivity index (χ3n) is 5.37. The van der Waals surface area contributed by atoms with Gasteiger partial charge in [-0.05, 0) is 49.4 Å². The Hall–Kier alpha value is -2.80. The van der Waals surface area contributed by atoms with Gasteiger partial charge < -0.3 is 9.09 Å². The Morgan fingerprint density at radius 3 is 2.86 bits per heavy atom. The molecule has 0 amide bonds. The van der Waals surface area contributed by atoms with Gasteiger partial charge in [0.15, 0.2) is 0 Å². The van der Waals surface area contributed by atoms with Crippen LogP contribution >= 0.6 is 11.3 Å². The molecule has 0 spiro atoms. The highest BCUT2D eigenvalue weighted by Gasteiger charge is 2.22. The zero-order chi connectivity index (χ0) is 19.1. The molecule has 5 rings (SSSR count). The lowest BCUT2D eigenvalue weighted by atomic mass is 10.1. The van der Waals surface area contributed by atoms with Crippen LogP contribution in [0.15, 0.2) is 45.0 Å². The van der Waals surface area contributed by atoms with Crippen LogP contribution in [0.2, 0.25) is 0 Å². The van der Waals surface area contributed by atoms with Crippen LogP contribution in [0.1, 0.15) is 48.2 Å². The van der Waals surface area contributed by atoms with E-state index in [0.29, 0.717) is 23.8 Å². The second-order valence-corrected chi connectivity index (χ2v) is 8.31. The average Bonchev–Trinajstić information content (AvgIpc) is 3.45. The van der Waals surface area contributed by atoms with Gasteiger partial charge in [-0.3, -0.25) is 4.79 Å². The number of fused-ring (bicyclic) bond motifs is 1. The summed E-state index contributed by atoms with van der Waals surface area (Å²) >= 11 is 1.67. The molecule has 3 heterocycles. The Labute approximate surface area is 165 Å². The van der Waals surface area contributed by atoms with Gasteiger partial charge in [0.25, 0.3) is 5.56 Å². The summed E-state index contributed by atoms with van der Waals surface area (Å²) in [6.07, 6.45) is 5.09. The predicted octanol–water partition coefficient (Wildman–Crippen LogP) is 4.52.